The fourth-order valence-electron chi connectivity index (χ4n) is 5.33. The molecule has 7 nitrogen and oxygen atoms in total. The van der Waals surface area contributed by atoms with Gasteiger partial charge in [-0.3, -0.25) is 14.4 Å². The predicted octanol–water partition coefficient (Wildman–Crippen LogP) is 6.50. The highest BCUT2D eigenvalue weighted by Crippen LogP contribution is 2.35. The number of carboxylic acids is 1. The van der Waals surface area contributed by atoms with Gasteiger partial charge in [-0.15, -0.1) is 0 Å². The minimum Gasteiger partial charge on any atom is -0.481 e. The molecular weight excluding hydrogens is 547 g/mol. The van der Waals surface area contributed by atoms with Gasteiger partial charge in [-0.25, -0.2) is 0 Å². The molecule has 1 unspecified atom stereocenters. The summed E-state index contributed by atoms with van der Waals surface area (Å²) in [6, 6.07) is 17.4. The number of nitrogen functional groups attached to an aromatic ring is 1. The van der Waals surface area contributed by atoms with Crippen molar-refractivity contribution in [3.05, 3.63) is 94.5 Å². The van der Waals surface area contributed by atoms with Gasteiger partial charge in [-0.2, -0.15) is 13.2 Å². The number of hydrogen-bond donors (Lipinski definition) is 4. The molecule has 1 atom stereocenters. The first kappa shape index (κ1) is 30.6. The third-order valence-corrected chi connectivity index (χ3v) is 7.56. The summed E-state index contributed by atoms with van der Waals surface area (Å²) in [4.78, 5) is 36.6. The molecule has 5 N–H and O–H groups in total. The largest absolute Gasteiger partial charge is 0.481 e. The molecule has 3 aromatic carbocycles. The molecule has 0 bridgehead atoms. The number of nitrogens with two attached hydrogens (primary N) is 1. The molecule has 3 aromatic rings. The Bertz CT molecular complexity index is 1400. The van der Waals surface area contributed by atoms with E-state index >= 15 is 0 Å². The fourth-order valence-corrected chi connectivity index (χ4v) is 5.33. The number of amides is 2. The van der Waals surface area contributed by atoms with Gasteiger partial charge >= 0.3 is 12.1 Å². The van der Waals surface area contributed by atoms with E-state index in [4.69, 9.17) is 10.8 Å². The van der Waals surface area contributed by atoms with E-state index < -0.39 is 35.4 Å². The van der Waals surface area contributed by atoms with Crippen LogP contribution in [0.25, 0.3) is 0 Å². The van der Waals surface area contributed by atoms with Crippen molar-refractivity contribution < 1.29 is 32.7 Å². The maximum atomic E-state index is 13.6. The molecule has 0 radical (unpaired) electrons. The van der Waals surface area contributed by atoms with Gasteiger partial charge in [0.1, 0.15) is 0 Å². The fraction of sp³-hybridized carbons (Fsp3) is 0.344. The molecule has 0 saturated heterocycles. The van der Waals surface area contributed by atoms with E-state index in [9.17, 15) is 27.6 Å². The summed E-state index contributed by atoms with van der Waals surface area (Å²) in [6.07, 6.45) is 1.26. The van der Waals surface area contributed by atoms with Crippen molar-refractivity contribution in [1.29, 1.82) is 0 Å². The van der Waals surface area contributed by atoms with Crippen molar-refractivity contribution in [2.75, 3.05) is 17.6 Å². The monoisotopic (exact) mass is 581 g/mol. The first-order valence-electron chi connectivity index (χ1n) is 14.0. The average molecular weight is 582 g/mol. The van der Waals surface area contributed by atoms with Crippen LogP contribution in [-0.2, 0) is 22.2 Å². The van der Waals surface area contributed by atoms with Crippen molar-refractivity contribution in [2.24, 2.45) is 0 Å². The minimum atomic E-state index is -4.62. The van der Waals surface area contributed by atoms with Gasteiger partial charge in [-0.1, -0.05) is 55.7 Å². The number of carboxylic acid groups (broad SMARTS) is 1. The minimum absolute atomic E-state index is 0.00489. The van der Waals surface area contributed by atoms with Crippen LogP contribution in [0.1, 0.15) is 83.0 Å². The highest BCUT2D eigenvalue weighted by molar-refractivity contribution is 5.97. The summed E-state index contributed by atoms with van der Waals surface area (Å²) in [5, 5.41) is 13.9. The summed E-state index contributed by atoms with van der Waals surface area (Å²) in [5.74, 6) is -2.19. The van der Waals surface area contributed by atoms with Crippen LogP contribution in [-0.4, -0.2) is 29.4 Å². The molecule has 1 aliphatic rings. The van der Waals surface area contributed by atoms with Gasteiger partial charge in [0, 0.05) is 23.5 Å². The van der Waals surface area contributed by atoms with Gasteiger partial charge in [0.2, 0.25) is 5.91 Å². The Morgan fingerprint density at radius 2 is 1.60 bits per heavy atom. The Kier molecular flexibility index (Phi) is 9.88. The van der Waals surface area contributed by atoms with Crippen LogP contribution >= 0.6 is 0 Å². The number of alkyl halides is 3. The van der Waals surface area contributed by atoms with Gasteiger partial charge in [0.15, 0.2) is 0 Å². The molecule has 222 valence electrons. The van der Waals surface area contributed by atoms with Crippen molar-refractivity contribution >= 4 is 29.2 Å². The number of anilines is 2. The molecule has 1 fully saturated rings. The lowest BCUT2D eigenvalue weighted by atomic mass is 9.83. The van der Waals surface area contributed by atoms with E-state index in [0.29, 0.717) is 17.0 Å². The Morgan fingerprint density at radius 3 is 2.21 bits per heavy atom. The smallest absolute Gasteiger partial charge is 0.416 e. The number of benzene rings is 3. The molecular formula is C32H34F3N3O4. The molecule has 42 heavy (non-hydrogen) atoms. The van der Waals surface area contributed by atoms with Crippen molar-refractivity contribution in [3.63, 3.8) is 0 Å². The Balaban J connectivity index is 1.56. The molecule has 4 rings (SSSR count). The molecule has 0 aliphatic heterocycles. The zero-order valence-corrected chi connectivity index (χ0v) is 23.0. The normalized spacial score (nSPS) is 14.6. The van der Waals surface area contributed by atoms with E-state index in [-0.39, 0.29) is 30.8 Å². The van der Waals surface area contributed by atoms with E-state index in [1.54, 1.807) is 24.3 Å². The molecule has 0 aromatic heterocycles. The first-order valence-corrected chi connectivity index (χ1v) is 14.0. The van der Waals surface area contributed by atoms with Crippen molar-refractivity contribution in [1.82, 2.24) is 5.32 Å². The lowest BCUT2D eigenvalue weighted by Gasteiger charge is -2.23. The number of hydrogen-bond acceptors (Lipinski definition) is 4. The quantitative estimate of drug-likeness (QED) is 0.204. The van der Waals surface area contributed by atoms with Gasteiger partial charge in [0.05, 0.1) is 17.9 Å². The summed E-state index contributed by atoms with van der Waals surface area (Å²) >= 11 is 0. The van der Waals surface area contributed by atoms with Gasteiger partial charge in [0.25, 0.3) is 5.91 Å². The highest BCUT2D eigenvalue weighted by Gasteiger charge is 2.31. The lowest BCUT2D eigenvalue weighted by Crippen LogP contribution is -2.26. The average Bonchev–Trinajstić information content (AvgIpc) is 2.96. The van der Waals surface area contributed by atoms with Crippen LogP contribution in [0.2, 0.25) is 0 Å². The zero-order valence-electron chi connectivity index (χ0n) is 23.0. The van der Waals surface area contributed by atoms with E-state index in [1.165, 1.54) is 30.9 Å². The van der Waals surface area contributed by atoms with E-state index in [1.807, 2.05) is 24.3 Å². The zero-order chi connectivity index (χ0) is 30.3. The number of carbonyl (C=O) groups excluding carboxylic acids is 2. The Morgan fingerprint density at radius 1 is 0.929 bits per heavy atom. The molecule has 10 heteroatoms. The third kappa shape index (κ3) is 8.34. The van der Waals surface area contributed by atoms with Crippen LogP contribution in [0.5, 0.6) is 0 Å². The maximum absolute atomic E-state index is 13.6. The summed E-state index contributed by atoms with van der Waals surface area (Å²) in [6.45, 7) is -0.00489. The van der Waals surface area contributed by atoms with Crippen LogP contribution < -0.4 is 16.4 Å². The molecule has 1 aliphatic carbocycles. The SMILES string of the molecule is Nc1cc(NC(=O)C(Cc2ccc(C(=O)NCCC(=O)O)cc2)c2ccc(C3CCCCC3)cc2)cc(C(F)(F)F)c1. The molecule has 1 saturated carbocycles. The highest BCUT2D eigenvalue weighted by atomic mass is 19.4. The van der Waals surface area contributed by atoms with Crippen LogP contribution in [0.15, 0.2) is 66.7 Å². The number of aliphatic carboxylic acids is 1. The number of nitrogens with one attached hydrogen (secondary N) is 2. The summed E-state index contributed by atoms with van der Waals surface area (Å²) < 4.78 is 40.1. The predicted molar refractivity (Wildman–Crippen MR) is 154 cm³/mol. The summed E-state index contributed by atoms with van der Waals surface area (Å²) in [5.41, 5.74) is 7.56. The third-order valence-electron chi connectivity index (χ3n) is 7.56. The second-order valence-electron chi connectivity index (χ2n) is 10.7. The van der Waals surface area contributed by atoms with Crippen LogP contribution in [0.3, 0.4) is 0 Å². The Hall–Kier alpha value is -4.34. The van der Waals surface area contributed by atoms with Crippen molar-refractivity contribution in [3.8, 4) is 0 Å². The number of carbonyl (C=O) groups is 3. The van der Waals surface area contributed by atoms with Gasteiger partial charge < -0.3 is 21.5 Å². The Labute approximate surface area is 242 Å². The standard InChI is InChI=1S/C32H34F3N3O4/c33-32(34,35)25-17-26(36)19-27(18-25)38-31(42)28(23-12-10-22(11-13-23)21-4-2-1-3-5-21)16-20-6-8-24(9-7-20)30(41)37-15-14-29(39)40/h6-13,17-19,21,28H,1-5,14-16,36H2,(H,37,41)(H,38,42)(H,39,40). The summed E-state index contributed by atoms with van der Waals surface area (Å²) in [7, 11) is 0. The second-order valence-corrected chi connectivity index (χ2v) is 10.7. The number of rotatable bonds is 10. The lowest BCUT2D eigenvalue weighted by molar-refractivity contribution is -0.138. The van der Waals surface area contributed by atoms with Crippen molar-refractivity contribution in [2.45, 2.75) is 63.0 Å². The second kappa shape index (κ2) is 13.5. The van der Waals surface area contributed by atoms with E-state index in [2.05, 4.69) is 10.6 Å². The molecule has 0 spiro atoms. The van der Waals surface area contributed by atoms with Gasteiger partial charge in [-0.05, 0) is 72.2 Å². The van der Waals surface area contributed by atoms with Crippen LogP contribution in [0, 0.1) is 0 Å². The topological polar surface area (TPSA) is 122 Å². The molecule has 2 amide bonds. The molecule has 0 heterocycles. The van der Waals surface area contributed by atoms with E-state index in [0.717, 1.165) is 30.5 Å². The first-order chi connectivity index (χ1) is 20.0. The number of halogens is 3. The maximum Gasteiger partial charge on any atom is 0.416 e. The van der Waals surface area contributed by atoms with Crippen LogP contribution in [0.4, 0.5) is 24.5 Å².